The summed E-state index contributed by atoms with van der Waals surface area (Å²) in [6, 6.07) is 3.80. The van der Waals surface area contributed by atoms with E-state index in [1.165, 1.54) is 12.1 Å². The van der Waals surface area contributed by atoms with Crippen molar-refractivity contribution in [3.63, 3.8) is 0 Å². The lowest BCUT2D eigenvalue weighted by Crippen LogP contribution is -2.47. The van der Waals surface area contributed by atoms with E-state index in [2.05, 4.69) is 19.7 Å². The van der Waals surface area contributed by atoms with Gasteiger partial charge in [-0.2, -0.15) is 0 Å². The molecule has 1 atom stereocenters. The first-order valence-corrected chi connectivity index (χ1v) is 6.48. The van der Waals surface area contributed by atoms with E-state index >= 15 is 0 Å². The third kappa shape index (κ3) is 3.22. The Hall–Kier alpha value is -1.10. The Balaban J connectivity index is 1.97. The van der Waals surface area contributed by atoms with E-state index < -0.39 is 11.6 Å². The molecule has 2 rings (SSSR count). The lowest BCUT2D eigenvalue weighted by Gasteiger charge is -2.37. The highest BCUT2D eigenvalue weighted by atomic mass is 19.1. The summed E-state index contributed by atoms with van der Waals surface area (Å²) in [6.07, 6.45) is 0. The van der Waals surface area contributed by atoms with E-state index in [1.54, 1.807) is 0 Å². The molecule has 0 aliphatic carbocycles. The summed E-state index contributed by atoms with van der Waals surface area (Å²) in [6.45, 7) is 6.76. The minimum atomic E-state index is -0.519. The average Bonchev–Trinajstić information content (AvgIpc) is 2.30. The largest absolute Gasteiger partial charge is 0.367 e. The van der Waals surface area contributed by atoms with Crippen molar-refractivity contribution in [3.8, 4) is 0 Å². The summed E-state index contributed by atoms with van der Waals surface area (Å²) < 4.78 is 26.5. The van der Waals surface area contributed by atoms with Crippen LogP contribution in [-0.2, 0) is 0 Å². The molecule has 1 aliphatic heterocycles. The maximum absolute atomic E-state index is 13.6. The lowest BCUT2D eigenvalue weighted by molar-refractivity contribution is 0.258. The SMILES string of the molecule is BC(C)CN1CCN(c2ccc(F)cc2F)CC1. The molecule has 98 valence electrons. The van der Waals surface area contributed by atoms with Gasteiger partial charge in [-0.05, 0) is 18.7 Å². The topological polar surface area (TPSA) is 6.48 Å². The normalized spacial score (nSPS) is 18.9. The molecule has 0 aromatic heterocycles. The smallest absolute Gasteiger partial charge is 0.149 e. The third-order valence-electron chi connectivity index (χ3n) is 3.25. The van der Waals surface area contributed by atoms with Crippen LogP contribution in [0.3, 0.4) is 0 Å². The van der Waals surface area contributed by atoms with Crippen LogP contribution >= 0.6 is 0 Å². The van der Waals surface area contributed by atoms with Crippen molar-refractivity contribution < 1.29 is 8.78 Å². The summed E-state index contributed by atoms with van der Waals surface area (Å²) in [7, 11) is 2.20. The van der Waals surface area contributed by atoms with Gasteiger partial charge in [0.15, 0.2) is 0 Å². The predicted molar refractivity (Wildman–Crippen MR) is 73.0 cm³/mol. The molecule has 0 amide bonds. The van der Waals surface area contributed by atoms with Crippen molar-refractivity contribution in [1.29, 1.82) is 0 Å². The van der Waals surface area contributed by atoms with Crippen molar-refractivity contribution in [1.82, 2.24) is 4.90 Å². The van der Waals surface area contributed by atoms with Crippen LogP contribution in [0.15, 0.2) is 18.2 Å². The number of benzene rings is 1. The number of piperazine rings is 1. The Bertz CT molecular complexity index is 404. The lowest BCUT2D eigenvalue weighted by atomic mass is 9.89. The van der Waals surface area contributed by atoms with E-state index in [1.807, 2.05) is 4.90 Å². The fraction of sp³-hybridized carbons (Fsp3) is 0.538. The van der Waals surface area contributed by atoms with E-state index in [-0.39, 0.29) is 0 Å². The first kappa shape index (κ1) is 13.3. The molecule has 1 saturated heterocycles. The number of anilines is 1. The Morgan fingerprint density at radius 3 is 2.44 bits per heavy atom. The molecule has 1 aromatic carbocycles. The van der Waals surface area contributed by atoms with E-state index in [0.717, 1.165) is 38.8 Å². The summed E-state index contributed by atoms with van der Waals surface area (Å²) in [5.41, 5.74) is 0.514. The molecule has 1 fully saturated rings. The van der Waals surface area contributed by atoms with Crippen molar-refractivity contribution in [2.45, 2.75) is 12.7 Å². The molecule has 2 nitrogen and oxygen atoms in total. The molecular weight excluding hydrogens is 233 g/mol. The molecule has 5 heteroatoms. The van der Waals surface area contributed by atoms with E-state index in [9.17, 15) is 8.78 Å². The molecule has 0 spiro atoms. The molecule has 0 bridgehead atoms. The second kappa shape index (κ2) is 5.70. The van der Waals surface area contributed by atoms with Gasteiger partial charge in [0.05, 0.1) is 5.69 Å². The second-order valence-corrected chi connectivity index (χ2v) is 5.28. The summed E-state index contributed by atoms with van der Waals surface area (Å²) in [5.74, 6) is -0.332. The van der Waals surface area contributed by atoms with Gasteiger partial charge >= 0.3 is 0 Å². The van der Waals surface area contributed by atoms with Gasteiger partial charge in [-0.25, -0.2) is 8.78 Å². The van der Waals surface area contributed by atoms with Crippen molar-refractivity contribution >= 4 is 13.5 Å². The molecular formula is C13H19BF2N2. The molecule has 0 radical (unpaired) electrons. The highest BCUT2D eigenvalue weighted by Gasteiger charge is 2.19. The number of hydrogen-bond donors (Lipinski definition) is 0. The number of hydrogen-bond acceptors (Lipinski definition) is 2. The van der Waals surface area contributed by atoms with E-state index in [4.69, 9.17) is 0 Å². The van der Waals surface area contributed by atoms with Gasteiger partial charge in [0, 0.05) is 32.2 Å². The highest BCUT2D eigenvalue weighted by molar-refractivity contribution is 6.11. The zero-order chi connectivity index (χ0) is 13.1. The van der Waals surface area contributed by atoms with Gasteiger partial charge in [-0.15, -0.1) is 0 Å². The molecule has 1 aromatic rings. The molecule has 1 unspecified atom stereocenters. The molecule has 18 heavy (non-hydrogen) atoms. The van der Waals surface area contributed by atoms with Crippen molar-refractivity contribution in [2.24, 2.45) is 0 Å². The first-order chi connectivity index (χ1) is 8.56. The molecule has 0 saturated carbocycles. The van der Waals surface area contributed by atoms with Gasteiger partial charge in [0.25, 0.3) is 0 Å². The van der Waals surface area contributed by atoms with Gasteiger partial charge in [-0.1, -0.05) is 12.7 Å². The Morgan fingerprint density at radius 2 is 1.89 bits per heavy atom. The fourth-order valence-corrected chi connectivity index (χ4v) is 2.43. The molecule has 1 heterocycles. The highest BCUT2D eigenvalue weighted by Crippen LogP contribution is 2.21. The predicted octanol–water partition coefficient (Wildman–Crippen LogP) is 1.53. The maximum atomic E-state index is 13.6. The summed E-state index contributed by atoms with van der Waals surface area (Å²) >= 11 is 0. The van der Waals surface area contributed by atoms with Crippen molar-refractivity contribution in [2.75, 3.05) is 37.6 Å². The van der Waals surface area contributed by atoms with Crippen LogP contribution in [0.25, 0.3) is 0 Å². The fourth-order valence-electron chi connectivity index (χ4n) is 2.43. The number of nitrogens with zero attached hydrogens (tertiary/aromatic N) is 2. The summed E-state index contributed by atoms with van der Waals surface area (Å²) in [4.78, 5) is 4.38. The van der Waals surface area contributed by atoms with Crippen LogP contribution in [0.1, 0.15) is 6.92 Å². The van der Waals surface area contributed by atoms with Crippen LogP contribution in [0.5, 0.6) is 0 Å². The summed E-state index contributed by atoms with van der Waals surface area (Å²) in [5, 5.41) is 0. The zero-order valence-corrected chi connectivity index (χ0v) is 11.0. The molecule has 1 aliphatic rings. The monoisotopic (exact) mass is 252 g/mol. The molecule has 0 N–H and O–H groups in total. The first-order valence-electron chi connectivity index (χ1n) is 6.48. The van der Waals surface area contributed by atoms with Gasteiger partial charge in [0.2, 0.25) is 0 Å². The van der Waals surface area contributed by atoms with Crippen LogP contribution in [0.4, 0.5) is 14.5 Å². The van der Waals surface area contributed by atoms with Gasteiger partial charge < -0.3 is 9.80 Å². The Labute approximate surface area is 108 Å². The van der Waals surface area contributed by atoms with Gasteiger partial charge in [-0.3, -0.25) is 0 Å². The van der Waals surface area contributed by atoms with Crippen molar-refractivity contribution in [3.05, 3.63) is 29.8 Å². The quantitative estimate of drug-likeness (QED) is 0.753. The Kier molecular flexibility index (Phi) is 4.22. The van der Waals surface area contributed by atoms with Gasteiger partial charge in [0.1, 0.15) is 19.5 Å². The van der Waals surface area contributed by atoms with Crippen LogP contribution < -0.4 is 4.90 Å². The Morgan fingerprint density at radius 1 is 1.22 bits per heavy atom. The zero-order valence-electron chi connectivity index (χ0n) is 11.0. The van der Waals surface area contributed by atoms with Crippen LogP contribution in [0, 0.1) is 11.6 Å². The minimum Gasteiger partial charge on any atom is -0.367 e. The number of rotatable bonds is 3. The average molecular weight is 252 g/mol. The van der Waals surface area contributed by atoms with Crippen LogP contribution in [-0.4, -0.2) is 45.5 Å². The third-order valence-corrected chi connectivity index (χ3v) is 3.25. The maximum Gasteiger partial charge on any atom is 0.149 e. The number of halogens is 2. The second-order valence-electron chi connectivity index (χ2n) is 5.28. The minimum absolute atomic E-state index is 0.465. The standard InChI is InChI=1S/C13H19BF2N2/c1-10(14)9-17-4-6-18(7-5-17)13-3-2-11(15)8-12(13)16/h2-3,8,10H,4-7,9,14H2,1H3. The van der Waals surface area contributed by atoms with Crippen LogP contribution in [0.2, 0.25) is 5.82 Å². The van der Waals surface area contributed by atoms with E-state index in [0.29, 0.717) is 11.5 Å².